The molecule has 0 bridgehead atoms. The highest BCUT2D eigenvalue weighted by Gasteiger charge is 2.12. The molecule has 0 atom stereocenters. The molecular formula is C18H23ClN2O3S. The van der Waals surface area contributed by atoms with E-state index in [2.05, 4.69) is 5.32 Å². The van der Waals surface area contributed by atoms with Gasteiger partial charge in [-0.05, 0) is 42.2 Å². The van der Waals surface area contributed by atoms with Crippen LogP contribution in [0.3, 0.4) is 0 Å². The van der Waals surface area contributed by atoms with Crippen molar-refractivity contribution in [2.45, 2.75) is 25.5 Å². The second-order valence-corrected chi connectivity index (χ2v) is 8.05. The maximum absolute atomic E-state index is 12.2. The molecule has 0 aromatic heterocycles. The number of rotatable bonds is 6. The number of aryl methyl sites for hydroxylation is 1. The van der Waals surface area contributed by atoms with Gasteiger partial charge >= 0.3 is 0 Å². The van der Waals surface area contributed by atoms with Gasteiger partial charge in [0, 0.05) is 24.1 Å². The van der Waals surface area contributed by atoms with Crippen LogP contribution in [0.4, 0.5) is 11.4 Å². The quantitative estimate of drug-likeness (QED) is 0.751. The zero-order valence-corrected chi connectivity index (χ0v) is 15.9. The van der Waals surface area contributed by atoms with E-state index in [9.17, 15) is 13.2 Å². The largest absolute Gasteiger partial charge is 0.399 e. The molecular weight excluding hydrogens is 360 g/mol. The van der Waals surface area contributed by atoms with Gasteiger partial charge in [0.25, 0.3) is 0 Å². The summed E-state index contributed by atoms with van der Waals surface area (Å²) >= 11 is 0. The molecule has 0 unspecified atom stereocenters. The van der Waals surface area contributed by atoms with Crippen molar-refractivity contribution in [2.75, 3.05) is 17.3 Å². The van der Waals surface area contributed by atoms with Crippen LogP contribution in [0.15, 0.2) is 42.5 Å². The highest BCUT2D eigenvalue weighted by atomic mass is 35.5. The summed E-state index contributed by atoms with van der Waals surface area (Å²) in [4.78, 5) is 12.2. The van der Waals surface area contributed by atoms with E-state index in [4.69, 9.17) is 5.73 Å². The van der Waals surface area contributed by atoms with Crippen molar-refractivity contribution in [3.8, 4) is 0 Å². The lowest BCUT2D eigenvalue weighted by Gasteiger charge is -2.12. The second-order valence-electron chi connectivity index (χ2n) is 5.91. The summed E-state index contributed by atoms with van der Waals surface area (Å²) in [7, 11) is -3.12. The Hall–Kier alpha value is -2.05. The third-order valence-electron chi connectivity index (χ3n) is 3.81. The number of benzene rings is 2. The van der Waals surface area contributed by atoms with Crippen LogP contribution >= 0.6 is 12.4 Å². The lowest BCUT2D eigenvalue weighted by molar-refractivity contribution is -0.116. The van der Waals surface area contributed by atoms with Crippen molar-refractivity contribution < 1.29 is 13.2 Å². The fourth-order valence-electron chi connectivity index (χ4n) is 2.48. The molecule has 0 heterocycles. The normalized spacial score (nSPS) is 10.8. The van der Waals surface area contributed by atoms with Crippen LogP contribution in [0.25, 0.3) is 0 Å². The van der Waals surface area contributed by atoms with Gasteiger partial charge in [-0.1, -0.05) is 30.3 Å². The number of sulfone groups is 1. The molecule has 0 saturated carbocycles. The molecule has 0 aliphatic heterocycles. The Morgan fingerprint density at radius 1 is 1.08 bits per heavy atom. The van der Waals surface area contributed by atoms with E-state index >= 15 is 0 Å². The molecule has 0 aliphatic rings. The Labute approximate surface area is 155 Å². The van der Waals surface area contributed by atoms with E-state index in [1.165, 1.54) is 6.26 Å². The second kappa shape index (κ2) is 8.87. The number of hydrogen-bond acceptors (Lipinski definition) is 4. The molecule has 0 fully saturated rings. The molecule has 5 nitrogen and oxygen atoms in total. The highest BCUT2D eigenvalue weighted by molar-refractivity contribution is 7.89. The van der Waals surface area contributed by atoms with Crippen LogP contribution in [0.5, 0.6) is 0 Å². The molecule has 2 aromatic carbocycles. The van der Waals surface area contributed by atoms with Gasteiger partial charge < -0.3 is 11.1 Å². The van der Waals surface area contributed by atoms with Crippen LogP contribution in [-0.2, 0) is 26.8 Å². The number of nitrogens with one attached hydrogen (secondary N) is 1. The molecule has 3 N–H and O–H groups in total. The predicted molar refractivity (Wildman–Crippen MR) is 105 cm³/mol. The maximum atomic E-state index is 12.2. The number of hydrogen-bond donors (Lipinski definition) is 2. The molecule has 2 aromatic rings. The summed E-state index contributed by atoms with van der Waals surface area (Å²) in [5.41, 5.74) is 9.60. The number of halogens is 1. The van der Waals surface area contributed by atoms with E-state index in [0.29, 0.717) is 29.8 Å². The Morgan fingerprint density at radius 3 is 2.36 bits per heavy atom. The zero-order valence-electron chi connectivity index (χ0n) is 14.3. The van der Waals surface area contributed by atoms with E-state index < -0.39 is 9.84 Å². The summed E-state index contributed by atoms with van der Waals surface area (Å²) < 4.78 is 23.0. The monoisotopic (exact) mass is 382 g/mol. The third kappa shape index (κ3) is 6.40. The van der Waals surface area contributed by atoms with Gasteiger partial charge in [-0.3, -0.25) is 4.79 Å². The first kappa shape index (κ1) is 21.0. The van der Waals surface area contributed by atoms with Gasteiger partial charge in [0.15, 0.2) is 9.84 Å². The standard InChI is InChI=1S/C18H22N2O3S.ClH/c1-13-15(12-24(2,22)23)7-5-9-17(13)20-18(21)11-10-14-6-3-4-8-16(14)19;/h3-9H,10-12,19H2,1-2H3,(H,20,21);1H. The summed E-state index contributed by atoms with van der Waals surface area (Å²) in [6.07, 6.45) is 2.06. The molecule has 2 rings (SSSR count). The summed E-state index contributed by atoms with van der Waals surface area (Å²) in [5.74, 6) is -0.166. The van der Waals surface area contributed by atoms with Gasteiger partial charge in [0.1, 0.15) is 0 Å². The maximum Gasteiger partial charge on any atom is 0.224 e. The van der Waals surface area contributed by atoms with Gasteiger partial charge in [0.2, 0.25) is 5.91 Å². The number of amides is 1. The average molecular weight is 383 g/mol. The van der Waals surface area contributed by atoms with E-state index in [0.717, 1.165) is 11.1 Å². The lowest BCUT2D eigenvalue weighted by Crippen LogP contribution is -2.14. The smallest absolute Gasteiger partial charge is 0.224 e. The first-order valence-electron chi connectivity index (χ1n) is 7.66. The van der Waals surface area contributed by atoms with Gasteiger partial charge in [-0.2, -0.15) is 0 Å². The minimum atomic E-state index is -3.12. The molecule has 136 valence electrons. The Balaban J connectivity index is 0.00000312. The Bertz CT molecular complexity index is 851. The Kier molecular flexibility index (Phi) is 7.45. The number of carbonyl (C=O) groups excluding carboxylic acids is 1. The first-order valence-corrected chi connectivity index (χ1v) is 9.72. The first-order chi connectivity index (χ1) is 11.3. The van der Waals surface area contributed by atoms with Crippen LogP contribution in [-0.4, -0.2) is 20.6 Å². The topological polar surface area (TPSA) is 89.3 Å². The van der Waals surface area contributed by atoms with Gasteiger partial charge in [-0.25, -0.2) is 8.42 Å². The lowest BCUT2D eigenvalue weighted by atomic mass is 10.1. The van der Waals surface area contributed by atoms with Crippen molar-refractivity contribution in [3.05, 3.63) is 59.2 Å². The zero-order chi connectivity index (χ0) is 17.7. The van der Waals surface area contributed by atoms with E-state index in [1.807, 2.05) is 31.2 Å². The van der Waals surface area contributed by atoms with E-state index in [1.54, 1.807) is 18.2 Å². The summed E-state index contributed by atoms with van der Waals surface area (Å²) in [5, 5.41) is 2.85. The SMILES string of the molecule is Cc1c(CS(C)(=O)=O)cccc1NC(=O)CCc1ccccc1N.Cl. The molecule has 7 heteroatoms. The van der Waals surface area contributed by atoms with Crippen LogP contribution in [0, 0.1) is 6.92 Å². The summed E-state index contributed by atoms with van der Waals surface area (Å²) in [6, 6.07) is 12.7. The number of carbonyl (C=O) groups is 1. The highest BCUT2D eigenvalue weighted by Crippen LogP contribution is 2.21. The van der Waals surface area contributed by atoms with Crippen molar-refractivity contribution in [1.29, 1.82) is 0 Å². The number of anilines is 2. The number of nitrogen functional groups attached to an aromatic ring is 1. The minimum absolute atomic E-state index is 0. The number of para-hydroxylation sites is 1. The van der Waals surface area contributed by atoms with Crippen LogP contribution in [0.1, 0.15) is 23.1 Å². The Morgan fingerprint density at radius 2 is 1.72 bits per heavy atom. The fraction of sp³-hybridized carbons (Fsp3) is 0.278. The molecule has 0 aliphatic carbocycles. The predicted octanol–water partition coefficient (Wildman–Crippen LogP) is 3.11. The van der Waals surface area contributed by atoms with E-state index in [-0.39, 0.29) is 24.1 Å². The molecule has 0 radical (unpaired) electrons. The molecule has 0 saturated heterocycles. The summed E-state index contributed by atoms with van der Waals surface area (Å²) in [6.45, 7) is 1.81. The van der Waals surface area contributed by atoms with Crippen molar-refractivity contribution in [1.82, 2.24) is 0 Å². The molecule has 25 heavy (non-hydrogen) atoms. The van der Waals surface area contributed by atoms with Crippen molar-refractivity contribution in [2.24, 2.45) is 0 Å². The average Bonchev–Trinajstić information content (AvgIpc) is 2.49. The van der Waals surface area contributed by atoms with Gasteiger partial charge in [0.05, 0.1) is 5.75 Å². The minimum Gasteiger partial charge on any atom is -0.399 e. The van der Waals surface area contributed by atoms with Crippen LogP contribution < -0.4 is 11.1 Å². The van der Waals surface area contributed by atoms with Crippen molar-refractivity contribution >= 4 is 39.5 Å². The fourth-order valence-corrected chi connectivity index (χ4v) is 3.36. The van der Waals surface area contributed by atoms with Gasteiger partial charge in [-0.15, -0.1) is 12.4 Å². The van der Waals surface area contributed by atoms with Crippen LogP contribution in [0.2, 0.25) is 0 Å². The van der Waals surface area contributed by atoms with Crippen molar-refractivity contribution in [3.63, 3.8) is 0 Å². The molecule has 0 spiro atoms. The number of nitrogens with two attached hydrogens (primary N) is 1. The third-order valence-corrected chi connectivity index (χ3v) is 4.65. The molecule has 1 amide bonds.